The van der Waals surface area contributed by atoms with Gasteiger partial charge in [-0.05, 0) is 30.3 Å². The number of H-pyrrole nitrogens is 1. The van der Waals surface area contributed by atoms with E-state index in [-0.39, 0.29) is 5.69 Å². The number of aromatic nitrogens is 5. The van der Waals surface area contributed by atoms with Crippen molar-refractivity contribution in [3.05, 3.63) is 77.6 Å². The van der Waals surface area contributed by atoms with Crippen LogP contribution >= 0.6 is 0 Å². The number of ether oxygens (including phenoxy) is 1. The van der Waals surface area contributed by atoms with Crippen LogP contribution in [0.2, 0.25) is 0 Å². The minimum absolute atomic E-state index is 0.0756. The first-order valence-electron chi connectivity index (χ1n) is 11.2. The molecule has 8 nitrogen and oxygen atoms in total. The quantitative estimate of drug-likeness (QED) is 0.454. The van der Waals surface area contributed by atoms with E-state index in [1.165, 1.54) is 0 Å². The summed E-state index contributed by atoms with van der Waals surface area (Å²) in [6.07, 6.45) is 5.54. The van der Waals surface area contributed by atoms with Crippen LogP contribution in [-0.2, 0) is 11.3 Å². The molecule has 0 amide bonds. The summed E-state index contributed by atoms with van der Waals surface area (Å²) in [6.45, 7) is 4.63. The van der Waals surface area contributed by atoms with Crippen molar-refractivity contribution in [3.8, 4) is 16.8 Å². The molecule has 8 heteroatoms. The lowest BCUT2D eigenvalue weighted by atomic mass is 10.1. The maximum absolute atomic E-state index is 13.6. The average molecular weight is 441 g/mol. The Morgan fingerprint density at radius 1 is 0.939 bits per heavy atom. The molecule has 0 spiro atoms. The van der Waals surface area contributed by atoms with E-state index in [0.29, 0.717) is 12.2 Å². The van der Waals surface area contributed by atoms with E-state index < -0.39 is 0 Å². The van der Waals surface area contributed by atoms with Crippen LogP contribution in [0, 0.1) is 0 Å². The number of para-hydroxylation sites is 1. The van der Waals surface area contributed by atoms with Crippen molar-refractivity contribution in [2.24, 2.45) is 0 Å². The third kappa shape index (κ3) is 3.63. The fourth-order valence-corrected chi connectivity index (χ4v) is 4.48. The molecule has 0 radical (unpaired) electrons. The molecule has 5 heterocycles. The molecule has 6 rings (SSSR count). The van der Waals surface area contributed by atoms with Gasteiger partial charge in [-0.25, -0.2) is 19.3 Å². The normalized spacial score (nSPS) is 14.9. The maximum atomic E-state index is 13.6. The summed E-state index contributed by atoms with van der Waals surface area (Å²) in [5.74, 6) is 0. The lowest BCUT2D eigenvalue weighted by Gasteiger charge is -2.26. The Labute approximate surface area is 190 Å². The molecule has 1 aromatic carbocycles. The van der Waals surface area contributed by atoms with Crippen molar-refractivity contribution in [2.75, 3.05) is 32.8 Å². The number of fused-ring (bicyclic) bond motifs is 2. The van der Waals surface area contributed by atoms with Crippen molar-refractivity contribution in [2.45, 2.75) is 6.54 Å². The van der Waals surface area contributed by atoms with E-state index in [9.17, 15) is 4.79 Å². The van der Waals surface area contributed by atoms with Crippen LogP contribution < -0.4 is 5.69 Å². The SMILES string of the molecule is O=c1n(CCN2CCOCC2)c2cc(-c3cnc4[nH]ccc4c3)cnc2n1-c1ccccc1. The molecule has 1 fully saturated rings. The molecular weight excluding hydrogens is 416 g/mol. The lowest BCUT2D eigenvalue weighted by Crippen LogP contribution is -2.39. The second-order valence-corrected chi connectivity index (χ2v) is 8.27. The fraction of sp³-hybridized carbons (Fsp3) is 0.240. The van der Waals surface area contributed by atoms with Gasteiger partial charge in [0.2, 0.25) is 0 Å². The van der Waals surface area contributed by atoms with Gasteiger partial charge >= 0.3 is 5.69 Å². The van der Waals surface area contributed by atoms with E-state index in [1.54, 1.807) is 4.57 Å². The Morgan fingerprint density at radius 3 is 2.58 bits per heavy atom. The molecule has 0 atom stereocenters. The van der Waals surface area contributed by atoms with Gasteiger partial charge in [-0.1, -0.05) is 18.2 Å². The number of aromatic amines is 1. The first kappa shape index (κ1) is 19.9. The summed E-state index contributed by atoms with van der Waals surface area (Å²) in [4.78, 5) is 28.3. The minimum Gasteiger partial charge on any atom is -0.379 e. The summed E-state index contributed by atoms with van der Waals surface area (Å²) in [5.41, 5.74) is 4.98. The molecule has 33 heavy (non-hydrogen) atoms. The topological polar surface area (TPSA) is 81.0 Å². The number of rotatable bonds is 5. The lowest BCUT2D eigenvalue weighted by molar-refractivity contribution is 0.0364. The first-order chi connectivity index (χ1) is 16.3. The predicted octanol–water partition coefficient (Wildman–Crippen LogP) is 3.06. The van der Waals surface area contributed by atoms with Gasteiger partial charge in [0.1, 0.15) is 5.65 Å². The highest BCUT2D eigenvalue weighted by atomic mass is 16.5. The van der Waals surface area contributed by atoms with Crippen LogP contribution in [0.25, 0.3) is 39.0 Å². The smallest absolute Gasteiger partial charge is 0.335 e. The first-order valence-corrected chi connectivity index (χ1v) is 11.2. The summed E-state index contributed by atoms with van der Waals surface area (Å²) in [5, 5.41) is 1.04. The van der Waals surface area contributed by atoms with Crippen LogP contribution in [0.5, 0.6) is 0 Å². The highest BCUT2D eigenvalue weighted by molar-refractivity contribution is 5.84. The molecular formula is C25H24N6O2. The largest absolute Gasteiger partial charge is 0.379 e. The predicted molar refractivity (Wildman–Crippen MR) is 128 cm³/mol. The average Bonchev–Trinajstić information content (AvgIpc) is 3.44. The van der Waals surface area contributed by atoms with Crippen LogP contribution in [0.4, 0.5) is 0 Å². The van der Waals surface area contributed by atoms with Crippen molar-refractivity contribution in [3.63, 3.8) is 0 Å². The number of benzene rings is 1. The zero-order chi connectivity index (χ0) is 22.2. The van der Waals surface area contributed by atoms with Gasteiger partial charge in [-0.15, -0.1) is 0 Å². The van der Waals surface area contributed by atoms with E-state index in [2.05, 4.69) is 27.0 Å². The van der Waals surface area contributed by atoms with Gasteiger partial charge in [0, 0.05) is 61.3 Å². The molecule has 0 unspecified atom stereocenters. The van der Waals surface area contributed by atoms with Gasteiger partial charge < -0.3 is 9.72 Å². The van der Waals surface area contributed by atoms with Crippen LogP contribution in [0.15, 0.2) is 71.9 Å². The van der Waals surface area contributed by atoms with Crippen LogP contribution in [-0.4, -0.2) is 61.8 Å². The molecule has 0 aliphatic carbocycles. The fourth-order valence-electron chi connectivity index (χ4n) is 4.48. The zero-order valence-corrected chi connectivity index (χ0v) is 18.1. The molecule has 1 aliphatic heterocycles. The number of pyridine rings is 2. The van der Waals surface area contributed by atoms with Crippen molar-refractivity contribution >= 4 is 22.2 Å². The number of nitrogens with zero attached hydrogens (tertiary/aromatic N) is 5. The number of hydrogen-bond donors (Lipinski definition) is 1. The summed E-state index contributed by atoms with van der Waals surface area (Å²) >= 11 is 0. The third-order valence-electron chi connectivity index (χ3n) is 6.26. The highest BCUT2D eigenvalue weighted by Crippen LogP contribution is 2.25. The van der Waals surface area contributed by atoms with Gasteiger partial charge in [-0.3, -0.25) is 9.47 Å². The maximum Gasteiger partial charge on any atom is 0.335 e. The van der Waals surface area contributed by atoms with E-state index in [4.69, 9.17) is 9.72 Å². The Balaban J connectivity index is 1.47. The van der Waals surface area contributed by atoms with Gasteiger partial charge in [0.25, 0.3) is 0 Å². The number of imidazole rings is 1. The van der Waals surface area contributed by atoms with E-state index >= 15 is 0 Å². The third-order valence-corrected chi connectivity index (χ3v) is 6.26. The molecule has 1 N–H and O–H groups in total. The number of hydrogen-bond acceptors (Lipinski definition) is 5. The van der Waals surface area contributed by atoms with Crippen LogP contribution in [0.3, 0.4) is 0 Å². The summed E-state index contributed by atoms with van der Waals surface area (Å²) < 4.78 is 9.01. The molecule has 1 aliphatic rings. The van der Waals surface area contributed by atoms with Crippen molar-refractivity contribution in [1.82, 2.24) is 29.0 Å². The summed E-state index contributed by atoms with van der Waals surface area (Å²) in [7, 11) is 0. The second kappa shape index (κ2) is 8.31. The molecule has 4 aromatic heterocycles. The van der Waals surface area contributed by atoms with Gasteiger partial charge in [-0.2, -0.15) is 0 Å². The van der Waals surface area contributed by atoms with E-state index in [1.807, 2.05) is 59.6 Å². The van der Waals surface area contributed by atoms with Gasteiger partial charge in [0.05, 0.1) is 24.4 Å². The summed E-state index contributed by atoms with van der Waals surface area (Å²) in [6, 6.07) is 15.8. The molecule has 0 bridgehead atoms. The standard InChI is InChI=1S/C25H24N6O2/c32-25-30(9-8-29-10-12-33-13-11-29)22-15-20(19-14-18-6-7-26-23(18)27-16-19)17-28-24(22)31(25)21-4-2-1-3-5-21/h1-7,14-17H,8-13H2,(H,26,27). The zero-order valence-electron chi connectivity index (χ0n) is 18.1. The Kier molecular flexibility index (Phi) is 5.01. The second-order valence-electron chi connectivity index (χ2n) is 8.27. The minimum atomic E-state index is -0.0756. The van der Waals surface area contributed by atoms with Crippen LogP contribution in [0.1, 0.15) is 0 Å². The Hall–Kier alpha value is -3.75. The van der Waals surface area contributed by atoms with E-state index in [0.717, 1.165) is 66.2 Å². The number of nitrogens with one attached hydrogen (secondary N) is 1. The Bertz CT molecular complexity index is 1480. The number of morpholine rings is 1. The molecule has 0 saturated carbocycles. The molecule has 1 saturated heterocycles. The highest BCUT2D eigenvalue weighted by Gasteiger charge is 2.18. The Morgan fingerprint density at radius 2 is 1.73 bits per heavy atom. The molecule has 166 valence electrons. The van der Waals surface area contributed by atoms with Gasteiger partial charge in [0.15, 0.2) is 5.65 Å². The monoisotopic (exact) mass is 440 g/mol. The molecule has 5 aromatic rings. The van der Waals surface area contributed by atoms with Crippen molar-refractivity contribution in [1.29, 1.82) is 0 Å². The van der Waals surface area contributed by atoms with Crippen molar-refractivity contribution < 1.29 is 4.74 Å².